The van der Waals surface area contributed by atoms with Crippen LogP contribution in [0.4, 0.5) is 0 Å². The number of rotatable bonds is 10. The fourth-order valence-corrected chi connectivity index (χ4v) is 3.58. The SMILES string of the molecule is CCCN(CCC)Cc1c(O)ccc2c(=O)c(Oc3ccc(C(=O)OCC)cc3)coc12. The molecule has 0 saturated carbocycles. The Bertz CT molecular complexity index is 1110. The van der Waals surface area contributed by atoms with E-state index in [1.807, 2.05) is 0 Å². The van der Waals surface area contributed by atoms with Crippen LogP contribution in [0.3, 0.4) is 0 Å². The van der Waals surface area contributed by atoms with Crippen LogP contribution in [0.15, 0.2) is 51.9 Å². The minimum Gasteiger partial charge on any atom is -0.507 e. The minimum absolute atomic E-state index is 0.0250. The molecule has 7 heteroatoms. The molecule has 2 aromatic carbocycles. The van der Waals surface area contributed by atoms with Crippen LogP contribution in [0.5, 0.6) is 17.2 Å². The van der Waals surface area contributed by atoms with E-state index < -0.39 is 5.97 Å². The zero-order valence-corrected chi connectivity index (χ0v) is 18.7. The third kappa shape index (κ3) is 5.29. The summed E-state index contributed by atoms with van der Waals surface area (Å²) in [5.74, 6) is 0.0932. The van der Waals surface area contributed by atoms with Crippen LogP contribution in [0.1, 0.15) is 49.5 Å². The molecule has 1 N–H and O–H groups in total. The second-order valence-electron chi connectivity index (χ2n) is 7.49. The Balaban J connectivity index is 1.89. The van der Waals surface area contributed by atoms with E-state index in [0.29, 0.717) is 41.0 Å². The molecular formula is C25H29NO6. The van der Waals surface area contributed by atoms with Gasteiger partial charge in [0.15, 0.2) is 0 Å². The van der Waals surface area contributed by atoms with Gasteiger partial charge in [0.25, 0.3) is 0 Å². The second-order valence-corrected chi connectivity index (χ2v) is 7.49. The number of esters is 1. The summed E-state index contributed by atoms with van der Waals surface area (Å²) in [6.45, 7) is 8.51. The van der Waals surface area contributed by atoms with Gasteiger partial charge in [-0.25, -0.2) is 4.79 Å². The monoisotopic (exact) mass is 439 g/mol. The number of hydrogen-bond donors (Lipinski definition) is 1. The maximum absolute atomic E-state index is 13.0. The first-order valence-corrected chi connectivity index (χ1v) is 10.9. The van der Waals surface area contributed by atoms with E-state index >= 15 is 0 Å². The molecule has 1 aromatic heterocycles. The first-order valence-electron chi connectivity index (χ1n) is 10.9. The van der Waals surface area contributed by atoms with Crippen molar-refractivity contribution in [3.63, 3.8) is 0 Å². The number of ether oxygens (including phenoxy) is 2. The van der Waals surface area contributed by atoms with Gasteiger partial charge in [0, 0.05) is 6.54 Å². The molecule has 0 amide bonds. The molecule has 0 atom stereocenters. The number of aromatic hydroxyl groups is 1. The molecule has 1 heterocycles. The maximum atomic E-state index is 13.0. The average molecular weight is 440 g/mol. The fourth-order valence-electron chi connectivity index (χ4n) is 3.58. The van der Waals surface area contributed by atoms with E-state index in [1.165, 1.54) is 12.3 Å². The standard InChI is InChI=1S/C25H29NO6/c1-4-13-26(14-5-2)15-20-21(27)12-11-19-23(28)22(16-31-24(19)20)32-18-9-7-17(8-10-18)25(29)30-6-3/h7-12,16,27H,4-6,13-15H2,1-3H3. The highest BCUT2D eigenvalue weighted by Gasteiger charge is 2.17. The predicted molar refractivity (Wildman–Crippen MR) is 122 cm³/mol. The van der Waals surface area contributed by atoms with Crippen molar-refractivity contribution in [2.45, 2.75) is 40.2 Å². The Morgan fingerprint density at radius 2 is 1.72 bits per heavy atom. The lowest BCUT2D eigenvalue weighted by molar-refractivity contribution is 0.0526. The third-order valence-corrected chi connectivity index (χ3v) is 5.04. The molecule has 0 bridgehead atoms. The molecule has 3 rings (SSSR count). The van der Waals surface area contributed by atoms with Crippen molar-refractivity contribution in [3.8, 4) is 17.2 Å². The van der Waals surface area contributed by atoms with Gasteiger partial charge >= 0.3 is 5.97 Å². The molecule has 0 fully saturated rings. The summed E-state index contributed by atoms with van der Waals surface area (Å²) >= 11 is 0. The molecule has 0 radical (unpaired) electrons. The molecule has 0 saturated heterocycles. The molecule has 0 spiro atoms. The van der Waals surface area contributed by atoms with Crippen molar-refractivity contribution in [1.29, 1.82) is 0 Å². The largest absolute Gasteiger partial charge is 0.507 e. The smallest absolute Gasteiger partial charge is 0.338 e. The number of carbonyl (C=O) groups excluding carboxylic acids is 1. The van der Waals surface area contributed by atoms with E-state index in [4.69, 9.17) is 13.9 Å². The van der Waals surface area contributed by atoms with Crippen LogP contribution < -0.4 is 10.2 Å². The Morgan fingerprint density at radius 3 is 2.34 bits per heavy atom. The maximum Gasteiger partial charge on any atom is 0.338 e. The Hall–Kier alpha value is -3.32. The third-order valence-electron chi connectivity index (χ3n) is 5.04. The fraction of sp³-hybridized carbons (Fsp3) is 0.360. The number of hydrogen-bond acceptors (Lipinski definition) is 7. The minimum atomic E-state index is -0.420. The van der Waals surface area contributed by atoms with Crippen LogP contribution in [0.2, 0.25) is 0 Å². The number of benzene rings is 2. The molecule has 7 nitrogen and oxygen atoms in total. The summed E-state index contributed by atoms with van der Waals surface area (Å²) < 4.78 is 16.4. The van der Waals surface area contributed by atoms with Crippen molar-refractivity contribution >= 4 is 16.9 Å². The van der Waals surface area contributed by atoms with Gasteiger partial charge < -0.3 is 19.0 Å². The van der Waals surface area contributed by atoms with Crippen LogP contribution in [0.25, 0.3) is 11.0 Å². The van der Waals surface area contributed by atoms with E-state index in [-0.39, 0.29) is 16.9 Å². The number of carbonyl (C=O) groups is 1. The molecular weight excluding hydrogens is 410 g/mol. The normalized spacial score (nSPS) is 11.1. The predicted octanol–water partition coefficient (Wildman–Crippen LogP) is 5.09. The van der Waals surface area contributed by atoms with Gasteiger partial charge in [-0.05, 0) is 69.3 Å². The van der Waals surface area contributed by atoms with Gasteiger partial charge in [-0.3, -0.25) is 9.69 Å². The Labute approximate surface area is 187 Å². The highest BCUT2D eigenvalue weighted by atomic mass is 16.5. The summed E-state index contributed by atoms with van der Waals surface area (Å²) in [6.07, 6.45) is 3.24. The van der Waals surface area contributed by atoms with Crippen molar-refractivity contribution in [2.75, 3.05) is 19.7 Å². The number of nitrogens with zero attached hydrogens (tertiary/aromatic N) is 1. The molecule has 170 valence electrons. The molecule has 0 aliphatic heterocycles. The molecule has 0 aliphatic rings. The van der Waals surface area contributed by atoms with E-state index in [9.17, 15) is 14.7 Å². The van der Waals surface area contributed by atoms with Crippen LogP contribution >= 0.6 is 0 Å². The highest BCUT2D eigenvalue weighted by Crippen LogP contribution is 2.29. The quantitative estimate of drug-likeness (QED) is 0.440. The van der Waals surface area contributed by atoms with Gasteiger partial charge in [0.05, 0.1) is 23.1 Å². The lowest BCUT2D eigenvalue weighted by Crippen LogP contribution is -2.25. The molecule has 0 aliphatic carbocycles. The van der Waals surface area contributed by atoms with Crippen molar-refractivity contribution < 1.29 is 23.8 Å². The summed E-state index contributed by atoms with van der Waals surface area (Å²) in [7, 11) is 0. The van der Waals surface area contributed by atoms with Gasteiger partial charge in [-0.1, -0.05) is 13.8 Å². The van der Waals surface area contributed by atoms with E-state index in [2.05, 4.69) is 18.7 Å². The van der Waals surface area contributed by atoms with E-state index in [1.54, 1.807) is 37.3 Å². The number of fused-ring (bicyclic) bond motifs is 1. The Kier molecular flexibility index (Phi) is 7.89. The second kappa shape index (κ2) is 10.8. The molecule has 3 aromatic rings. The lowest BCUT2D eigenvalue weighted by Gasteiger charge is -2.22. The average Bonchev–Trinajstić information content (AvgIpc) is 2.78. The van der Waals surface area contributed by atoms with Crippen molar-refractivity contribution in [3.05, 3.63) is 64.0 Å². The van der Waals surface area contributed by atoms with E-state index in [0.717, 1.165) is 25.9 Å². The van der Waals surface area contributed by atoms with Crippen LogP contribution in [0, 0.1) is 0 Å². The first-order chi connectivity index (χ1) is 15.5. The molecule has 0 unspecified atom stereocenters. The van der Waals surface area contributed by atoms with Crippen LogP contribution in [-0.4, -0.2) is 35.7 Å². The summed E-state index contributed by atoms with van der Waals surface area (Å²) in [5.41, 5.74) is 1.01. The highest BCUT2D eigenvalue weighted by molar-refractivity contribution is 5.89. The summed E-state index contributed by atoms with van der Waals surface area (Å²) in [5, 5.41) is 10.8. The zero-order chi connectivity index (χ0) is 23.1. The topological polar surface area (TPSA) is 89.2 Å². The summed E-state index contributed by atoms with van der Waals surface area (Å²) in [4.78, 5) is 27.0. The summed E-state index contributed by atoms with van der Waals surface area (Å²) in [6, 6.07) is 9.38. The van der Waals surface area contributed by atoms with Gasteiger partial charge in [0.2, 0.25) is 11.2 Å². The number of phenols is 1. The lowest BCUT2D eigenvalue weighted by atomic mass is 10.1. The zero-order valence-electron chi connectivity index (χ0n) is 18.7. The van der Waals surface area contributed by atoms with Crippen LogP contribution in [-0.2, 0) is 11.3 Å². The molecule has 32 heavy (non-hydrogen) atoms. The van der Waals surface area contributed by atoms with Gasteiger partial charge in [-0.15, -0.1) is 0 Å². The van der Waals surface area contributed by atoms with Crippen molar-refractivity contribution in [1.82, 2.24) is 4.90 Å². The number of phenolic OH excluding ortho intramolecular Hbond substituents is 1. The van der Waals surface area contributed by atoms with Crippen molar-refractivity contribution in [2.24, 2.45) is 0 Å². The Morgan fingerprint density at radius 1 is 1.03 bits per heavy atom. The first kappa shape index (κ1) is 23.3. The van der Waals surface area contributed by atoms with Gasteiger partial charge in [-0.2, -0.15) is 0 Å². The van der Waals surface area contributed by atoms with Gasteiger partial charge in [0.1, 0.15) is 23.3 Å².